The maximum absolute atomic E-state index is 13.3. The molecular weight excluding hydrogens is 470 g/mol. The van der Waals surface area contributed by atoms with Crippen LogP contribution in [0.1, 0.15) is 38.7 Å². The SMILES string of the molecule is CCN1CCC2(CN(C(C)=O)CC23CCN(Cc2ccc(F)cc2)CC3)C1=O.O=C(O)C(F)(F)F. The summed E-state index contributed by atoms with van der Waals surface area (Å²) in [4.78, 5) is 40.7. The minimum absolute atomic E-state index is 0.0766. The number of hydrogen-bond acceptors (Lipinski definition) is 4. The van der Waals surface area contributed by atoms with E-state index in [0.29, 0.717) is 13.1 Å². The summed E-state index contributed by atoms with van der Waals surface area (Å²) in [5, 5.41) is 7.12. The number of carboxylic acid groups (broad SMARTS) is 1. The molecule has 194 valence electrons. The highest BCUT2D eigenvalue weighted by atomic mass is 19.4. The number of halogens is 4. The van der Waals surface area contributed by atoms with E-state index < -0.39 is 17.6 Å². The Labute approximate surface area is 201 Å². The second-order valence-electron chi connectivity index (χ2n) is 9.58. The first-order valence-electron chi connectivity index (χ1n) is 11.7. The van der Waals surface area contributed by atoms with Crippen molar-refractivity contribution in [3.63, 3.8) is 0 Å². The fraction of sp³-hybridized carbons (Fsp3) is 0.625. The van der Waals surface area contributed by atoms with Crippen molar-refractivity contribution in [2.45, 2.75) is 45.8 Å². The summed E-state index contributed by atoms with van der Waals surface area (Å²) in [5.74, 6) is -2.63. The Balaban J connectivity index is 0.000000429. The van der Waals surface area contributed by atoms with Crippen molar-refractivity contribution in [1.82, 2.24) is 14.7 Å². The van der Waals surface area contributed by atoms with E-state index in [2.05, 4.69) is 4.90 Å². The van der Waals surface area contributed by atoms with Crippen molar-refractivity contribution in [2.24, 2.45) is 10.8 Å². The Hall–Kier alpha value is -2.69. The molecule has 3 aliphatic heterocycles. The van der Waals surface area contributed by atoms with Crippen LogP contribution in [0.5, 0.6) is 0 Å². The third-order valence-corrected chi connectivity index (χ3v) is 7.68. The highest BCUT2D eigenvalue weighted by Gasteiger charge is 2.65. The molecule has 3 heterocycles. The lowest BCUT2D eigenvalue weighted by atomic mass is 9.60. The van der Waals surface area contributed by atoms with Gasteiger partial charge in [0.15, 0.2) is 0 Å². The summed E-state index contributed by atoms with van der Waals surface area (Å²) in [7, 11) is 0. The smallest absolute Gasteiger partial charge is 0.475 e. The second-order valence-corrected chi connectivity index (χ2v) is 9.58. The number of hydrogen-bond donors (Lipinski definition) is 1. The van der Waals surface area contributed by atoms with Gasteiger partial charge in [-0.05, 0) is 57.0 Å². The number of likely N-dealkylation sites (tertiary alicyclic amines) is 3. The van der Waals surface area contributed by atoms with Gasteiger partial charge in [-0.15, -0.1) is 0 Å². The standard InChI is InChI=1S/C22H30FN3O2.C2HF3O2/c1-3-25-13-10-22(20(25)28)16-26(17(2)27)15-21(22)8-11-24(12-9-21)14-18-4-6-19(23)7-5-18;3-2(4,5)1(6)7/h4-7H,3,8-16H2,1-2H3;(H,6,7). The molecule has 4 rings (SSSR count). The Morgan fingerprint density at radius 2 is 1.60 bits per heavy atom. The van der Waals surface area contributed by atoms with E-state index >= 15 is 0 Å². The van der Waals surface area contributed by atoms with Gasteiger partial charge in [-0.3, -0.25) is 14.5 Å². The number of piperidine rings is 1. The maximum Gasteiger partial charge on any atom is 0.490 e. The lowest BCUT2D eigenvalue weighted by Crippen LogP contribution is -2.52. The predicted octanol–water partition coefficient (Wildman–Crippen LogP) is 3.14. The number of carbonyl (C=O) groups excluding carboxylic acids is 2. The van der Waals surface area contributed by atoms with E-state index in [-0.39, 0.29) is 23.0 Å². The molecule has 0 aliphatic carbocycles. The average molecular weight is 502 g/mol. The van der Waals surface area contributed by atoms with E-state index in [1.807, 2.05) is 28.9 Å². The molecule has 2 amide bonds. The van der Waals surface area contributed by atoms with Gasteiger partial charge in [-0.2, -0.15) is 13.2 Å². The summed E-state index contributed by atoms with van der Waals surface area (Å²) in [6.45, 7) is 9.10. The van der Waals surface area contributed by atoms with Crippen LogP contribution in [0.25, 0.3) is 0 Å². The quantitative estimate of drug-likeness (QED) is 0.644. The van der Waals surface area contributed by atoms with Gasteiger partial charge in [-0.1, -0.05) is 12.1 Å². The van der Waals surface area contributed by atoms with Crippen molar-refractivity contribution < 1.29 is 37.1 Å². The average Bonchev–Trinajstić information content (AvgIpc) is 3.29. The predicted molar refractivity (Wildman–Crippen MR) is 119 cm³/mol. The first-order chi connectivity index (χ1) is 16.3. The summed E-state index contributed by atoms with van der Waals surface area (Å²) in [6.07, 6.45) is -2.36. The fourth-order valence-electron chi connectivity index (χ4n) is 5.69. The molecule has 0 radical (unpaired) electrons. The first-order valence-corrected chi connectivity index (χ1v) is 11.7. The summed E-state index contributed by atoms with van der Waals surface area (Å²) >= 11 is 0. The van der Waals surface area contributed by atoms with E-state index in [9.17, 15) is 27.2 Å². The van der Waals surface area contributed by atoms with Crippen molar-refractivity contribution in [3.05, 3.63) is 35.6 Å². The molecule has 3 saturated heterocycles. The molecule has 2 spiro atoms. The van der Waals surface area contributed by atoms with Crippen molar-refractivity contribution >= 4 is 17.8 Å². The zero-order valence-electron chi connectivity index (χ0n) is 19.9. The number of rotatable bonds is 3. The van der Waals surface area contributed by atoms with Crippen LogP contribution in [-0.2, 0) is 20.9 Å². The normalized spacial score (nSPS) is 24.1. The van der Waals surface area contributed by atoms with Crippen LogP contribution in [0, 0.1) is 16.6 Å². The first kappa shape index (κ1) is 26.9. The summed E-state index contributed by atoms with van der Waals surface area (Å²) < 4.78 is 44.9. The molecule has 7 nitrogen and oxygen atoms in total. The maximum atomic E-state index is 13.3. The van der Waals surface area contributed by atoms with Crippen LogP contribution in [0.2, 0.25) is 0 Å². The topological polar surface area (TPSA) is 81.2 Å². The second kappa shape index (κ2) is 10.1. The Morgan fingerprint density at radius 3 is 2.06 bits per heavy atom. The van der Waals surface area contributed by atoms with Crippen LogP contribution in [0.4, 0.5) is 17.6 Å². The highest BCUT2D eigenvalue weighted by molar-refractivity contribution is 5.88. The molecule has 11 heteroatoms. The molecule has 0 aromatic heterocycles. The van der Waals surface area contributed by atoms with Crippen LogP contribution in [0.3, 0.4) is 0 Å². The third-order valence-electron chi connectivity index (χ3n) is 7.68. The van der Waals surface area contributed by atoms with Gasteiger partial charge in [0.1, 0.15) is 5.82 Å². The van der Waals surface area contributed by atoms with Crippen molar-refractivity contribution in [1.29, 1.82) is 0 Å². The molecule has 1 N–H and O–H groups in total. The van der Waals surface area contributed by atoms with E-state index in [0.717, 1.165) is 57.5 Å². The number of alkyl halides is 3. The van der Waals surface area contributed by atoms with Gasteiger partial charge >= 0.3 is 12.1 Å². The lowest BCUT2D eigenvalue weighted by Gasteiger charge is -2.46. The monoisotopic (exact) mass is 501 g/mol. The minimum atomic E-state index is -5.08. The van der Waals surface area contributed by atoms with E-state index in [4.69, 9.17) is 9.90 Å². The summed E-state index contributed by atoms with van der Waals surface area (Å²) in [5.41, 5.74) is 0.591. The lowest BCUT2D eigenvalue weighted by molar-refractivity contribution is -0.192. The van der Waals surface area contributed by atoms with Crippen molar-refractivity contribution in [3.8, 4) is 0 Å². The number of amides is 2. The summed E-state index contributed by atoms with van der Waals surface area (Å²) in [6, 6.07) is 6.70. The van der Waals surface area contributed by atoms with E-state index in [1.165, 1.54) is 12.1 Å². The molecule has 0 saturated carbocycles. The number of fused-ring (bicyclic) bond motifs is 1. The van der Waals surface area contributed by atoms with Gasteiger partial charge < -0.3 is 14.9 Å². The van der Waals surface area contributed by atoms with Gasteiger partial charge in [0.25, 0.3) is 0 Å². The molecule has 1 aromatic rings. The zero-order valence-corrected chi connectivity index (χ0v) is 19.9. The number of carbonyl (C=O) groups is 3. The molecule has 1 aromatic carbocycles. The largest absolute Gasteiger partial charge is 0.490 e. The minimum Gasteiger partial charge on any atom is -0.475 e. The van der Waals surface area contributed by atoms with Crippen LogP contribution in [0.15, 0.2) is 24.3 Å². The van der Waals surface area contributed by atoms with Gasteiger partial charge in [-0.25, -0.2) is 9.18 Å². The van der Waals surface area contributed by atoms with Crippen LogP contribution in [-0.4, -0.2) is 83.0 Å². The van der Waals surface area contributed by atoms with Gasteiger partial charge in [0, 0.05) is 45.1 Å². The number of aliphatic carboxylic acids is 1. The number of nitrogens with zero attached hydrogens (tertiary/aromatic N) is 3. The number of benzene rings is 1. The molecule has 1 atom stereocenters. The fourth-order valence-corrected chi connectivity index (χ4v) is 5.69. The highest BCUT2D eigenvalue weighted by Crippen LogP contribution is 2.57. The van der Waals surface area contributed by atoms with Crippen molar-refractivity contribution in [2.75, 3.05) is 39.3 Å². The molecule has 3 fully saturated rings. The molecular formula is C24H31F4N3O4. The Morgan fingerprint density at radius 1 is 1.03 bits per heavy atom. The van der Waals surface area contributed by atoms with Gasteiger partial charge in [0.2, 0.25) is 11.8 Å². The zero-order chi connectivity index (χ0) is 26.0. The van der Waals surface area contributed by atoms with E-state index in [1.54, 1.807) is 6.92 Å². The Kier molecular flexibility index (Phi) is 7.78. The molecule has 0 bridgehead atoms. The Bertz CT molecular complexity index is 945. The molecule has 35 heavy (non-hydrogen) atoms. The van der Waals surface area contributed by atoms with Crippen LogP contribution < -0.4 is 0 Å². The number of carboxylic acids is 1. The third kappa shape index (κ3) is 5.44. The van der Waals surface area contributed by atoms with Crippen LogP contribution >= 0.6 is 0 Å². The van der Waals surface area contributed by atoms with Gasteiger partial charge in [0.05, 0.1) is 5.41 Å². The molecule has 3 aliphatic rings. The molecule has 1 unspecified atom stereocenters.